The van der Waals surface area contributed by atoms with E-state index in [1.54, 1.807) is 6.08 Å². The third-order valence-corrected chi connectivity index (χ3v) is 5.75. The molecule has 0 saturated carbocycles. The van der Waals surface area contributed by atoms with Crippen LogP contribution < -0.4 is 0 Å². The van der Waals surface area contributed by atoms with Gasteiger partial charge in [-0.25, -0.2) is 4.98 Å². The molecule has 33 heavy (non-hydrogen) atoms. The topological polar surface area (TPSA) is 60.0 Å². The molecule has 0 radical (unpaired) electrons. The lowest BCUT2D eigenvalue weighted by molar-refractivity contribution is -0.159. The molecule has 180 valence electrons. The number of likely N-dealkylation sites (N-methyl/N-ethyl adjacent to an activating group) is 1. The molecule has 0 aliphatic heterocycles. The van der Waals surface area contributed by atoms with Crippen LogP contribution >= 0.6 is 0 Å². The summed E-state index contributed by atoms with van der Waals surface area (Å²) >= 11 is 0. The number of hydrogen-bond acceptors (Lipinski definition) is 5. The highest BCUT2D eigenvalue weighted by atomic mass is 19.4. The van der Waals surface area contributed by atoms with Crippen molar-refractivity contribution in [3.63, 3.8) is 0 Å². The molecule has 0 spiro atoms. The Morgan fingerprint density at radius 2 is 1.82 bits per heavy atom. The van der Waals surface area contributed by atoms with Crippen LogP contribution in [0.3, 0.4) is 0 Å². The summed E-state index contributed by atoms with van der Waals surface area (Å²) < 4.78 is 44.5. The Balaban J connectivity index is 1.82. The van der Waals surface area contributed by atoms with E-state index in [9.17, 15) is 13.2 Å². The zero-order chi connectivity index (χ0) is 23.8. The molecule has 3 rings (SSSR count). The van der Waals surface area contributed by atoms with Crippen LogP contribution in [0.15, 0.2) is 22.7 Å². The number of aryl methyl sites for hydroxylation is 1. The van der Waals surface area contributed by atoms with Crippen LogP contribution in [-0.4, -0.2) is 44.2 Å². The molecule has 2 heterocycles. The molecule has 2 aromatic heterocycles. The van der Waals surface area contributed by atoms with Gasteiger partial charge in [-0.15, -0.1) is 0 Å². The fourth-order valence-corrected chi connectivity index (χ4v) is 3.82. The molecular formula is C24H32F3N5O. The van der Waals surface area contributed by atoms with E-state index >= 15 is 0 Å². The molecule has 1 aromatic carbocycles. The number of imidazole rings is 1. The van der Waals surface area contributed by atoms with Crippen molar-refractivity contribution in [3.05, 3.63) is 41.3 Å². The Morgan fingerprint density at radius 3 is 2.48 bits per heavy atom. The average Bonchev–Trinajstić information content (AvgIpc) is 3.40. The van der Waals surface area contributed by atoms with Gasteiger partial charge in [0.15, 0.2) is 5.82 Å². The van der Waals surface area contributed by atoms with Crippen molar-refractivity contribution in [1.82, 2.24) is 24.6 Å². The molecule has 9 heteroatoms. The van der Waals surface area contributed by atoms with Crippen molar-refractivity contribution in [2.45, 2.75) is 65.6 Å². The Bertz CT molecular complexity index is 1050. The van der Waals surface area contributed by atoms with E-state index < -0.39 is 12.1 Å². The molecular weight excluding hydrogens is 431 g/mol. The van der Waals surface area contributed by atoms with E-state index in [1.807, 2.05) is 18.2 Å². The SMILES string of the molecule is CCCCCCc1nc2cc(/C=C/c3noc(C(F)(F)F)n3)ccc2n1CCN(CC)CC. The molecule has 6 nitrogen and oxygen atoms in total. The first-order valence-electron chi connectivity index (χ1n) is 11.7. The Hall–Kier alpha value is -2.68. The summed E-state index contributed by atoms with van der Waals surface area (Å²) in [6.07, 6.45) is 4.07. The molecule has 0 bridgehead atoms. The summed E-state index contributed by atoms with van der Waals surface area (Å²) in [5.74, 6) is -0.386. The Morgan fingerprint density at radius 1 is 1.03 bits per heavy atom. The van der Waals surface area contributed by atoms with E-state index in [4.69, 9.17) is 4.98 Å². The number of alkyl halides is 3. The smallest absolute Gasteiger partial charge is 0.329 e. The van der Waals surface area contributed by atoms with Gasteiger partial charge in [0.1, 0.15) is 5.82 Å². The third kappa shape index (κ3) is 6.66. The van der Waals surface area contributed by atoms with Gasteiger partial charge in [0.25, 0.3) is 0 Å². The van der Waals surface area contributed by atoms with Crippen molar-refractivity contribution in [2.24, 2.45) is 0 Å². The van der Waals surface area contributed by atoms with Crippen LogP contribution in [0.5, 0.6) is 0 Å². The van der Waals surface area contributed by atoms with Crippen LogP contribution in [0.4, 0.5) is 13.2 Å². The van der Waals surface area contributed by atoms with Gasteiger partial charge in [-0.2, -0.15) is 18.2 Å². The van der Waals surface area contributed by atoms with Crippen LogP contribution in [0.25, 0.3) is 23.2 Å². The highest BCUT2D eigenvalue weighted by molar-refractivity contribution is 5.81. The summed E-state index contributed by atoms with van der Waals surface area (Å²) in [4.78, 5) is 10.7. The maximum absolute atomic E-state index is 12.6. The molecule has 0 aliphatic carbocycles. The minimum Gasteiger partial charge on any atom is -0.329 e. The molecule has 0 atom stereocenters. The van der Waals surface area contributed by atoms with E-state index in [-0.39, 0.29) is 5.82 Å². The largest absolute Gasteiger partial charge is 0.471 e. The summed E-state index contributed by atoms with van der Waals surface area (Å²) in [6, 6.07) is 5.90. The second-order valence-electron chi connectivity index (χ2n) is 8.05. The fraction of sp³-hybridized carbons (Fsp3) is 0.542. The molecule has 3 aromatic rings. The summed E-state index contributed by atoms with van der Waals surface area (Å²) in [5, 5.41) is 3.37. The molecule has 0 aliphatic rings. The Labute approximate surface area is 192 Å². The quantitative estimate of drug-likeness (QED) is 0.305. The van der Waals surface area contributed by atoms with Gasteiger partial charge >= 0.3 is 12.1 Å². The van der Waals surface area contributed by atoms with Crippen molar-refractivity contribution >= 4 is 23.2 Å². The summed E-state index contributed by atoms with van der Waals surface area (Å²) in [6.45, 7) is 10.4. The summed E-state index contributed by atoms with van der Waals surface area (Å²) in [5.41, 5.74) is 2.77. The van der Waals surface area contributed by atoms with Gasteiger partial charge in [-0.05, 0) is 43.3 Å². The monoisotopic (exact) mass is 463 g/mol. The average molecular weight is 464 g/mol. The molecule has 0 unspecified atom stereocenters. The molecule has 0 saturated heterocycles. The number of fused-ring (bicyclic) bond motifs is 1. The van der Waals surface area contributed by atoms with Crippen LogP contribution in [0.1, 0.15) is 69.6 Å². The van der Waals surface area contributed by atoms with Crippen LogP contribution in [0.2, 0.25) is 0 Å². The van der Waals surface area contributed by atoms with Crippen LogP contribution in [-0.2, 0) is 19.1 Å². The standard InChI is InChI=1S/C24H32F3N5O/c1-4-7-8-9-10-22-28-19-17-18(12-14-21-29-23(33-30-21)24(25,26)27)11-13-20(19)32(22)16-15-31(5-2)6-3/h11-14,17H,4-10,15-16H2,1-3H3/b14-12+. The molecule has 0 amide bonds. The fourth-order valence-electron chi connectivity index (χ4n) is 3.82. The Kier molecular flexibility index (Phi) is 8.66. The van der Waals surface area contributed by atoms with Crippen molar-refractivity contribution in [1.29, 1.82) is 0 Å². The lowest BCUT2D eigenvalue weighted by Crippen LogP contribution is -2.27. The zero-order valence-corrected chi connectivity index (χ0v) is 19.5. The maximum Gasteiger partial charge on any atom is 0.471 e. The summed E-state index contributed by atoms with van der Waals surface area (Å²) in [7, 11) is 0. The van der Waals surface area contributed by atoms with Gasteiger partial charge in [-0.3, -0.25) is 0 Å². The first-order valence-corrected chi connectivity index (χ1v) is 11.7. The highest BCUT2D eigenvalue weighted by Gasteiger charge is 2.38. The number of unbranched alkanes of at least 4 members (excludes halogenated alkanes) is 3. The van der Waals surface area contributed by atoms with Gasteiger partial charge in [0.05, 0.1) is 11.0 Å². The van der Waals surface area contributed by atoms with Crippen molar-refractivity contribution < 1.29 is 17.7 Å². The van der Waals surface area contributed by atoms with Gasteiger partial charge in [0.2, 0.25) is 0 Å². The number of hydrogen-bond donors (Lipinski definition) is 0. The van der Waals surface area contributed by atoms with Gasteiger partial charge in [-0.1, -0.05) is 57.3 Å². The van der Waals surface area contributed by atoms with Crippen molar-refractivity contribution in [3.8, 4) is 0 Å². The molecule has 0 N–H and O–H groups in total. The number of nitrogens with zero attached hydrogens (tertiary/aromatic N) is 5. The second-order valence-corrected chi connectivity index (χ2v) is 8.05. The van der Waals surface area contributed by atoms with Gasteiger partial charge in [0, 0.05) is 19.5 Å². The van der Waals surface area contributed by atoms with Crippen LogP contribution in [0, 0.1) is 0 Å². The number of rotatable bonds is 12. The van der Waals surface area contributed by atoms with Crippen molar-refractivity contribution in [2.75, 3.05) is 19.6 Å². The lowest BCUT2D eigenvalue weighted by Gasteiger charge is -2.19. The lowest BCUT2D eigenvalue weighted by atomic mass is 10.1. The second kappa shape index (κ2) is 11.4. The minimum absolute atomic E-state index is 0.121. The zero-order valence-electron chi connectivity index (χ0n) is 19.5. The normalized spacial score (nSPS) is 12.6. The van der Waals surface area contributed by atoms with E-state index in [0.717, 1.165) is 61.4 Å². The van der Waals surface area contributed by atoms with E-state index in [1.165, 1.54) is 25.3 Å². The first-order chi connectivity index (χ1) is 15.9. The molecule has 0 fully saturated rings. The number of halogens is 3. The first kappa shape index (κ1) is 25.0. The minimum atomic E-state index is -4.65. The van der Waals surface area contributed by atoms with E-state index in [0.29, 0.717) is 0 Å². The number of benzene rings is 1. The third-order valence-electron chi connectivity index (χ3n) is 5.75. The van der Waals surface area contributed by atoms with E-state index in [2.05, 4.69) is 44.9 Å². The highest BCUT2D eigenvalue weighted by Crippen LogP contribution is 2.27. The maximum atomic E-state index is 12.6. The van der Waals surface area contributed by atoms with Gasteiger partial charge < -0.3 is 14.0 Å². The predicted octanol–water partition coefficient (Wildman–Crippen LogP) is 6.07. The number of aromatic nitrogens is 4. The predicted molar refractivity (Wildman–Crippen MR) is 124 cm³/mol.